The van der Waals surface area contributed by atoms with Crippen molar-refractivity contribution in [1.82, 2.24) is 0 Å². The fourth-order valence-corrected chi connectivity index (χ4v) is 1.83. The molecule has 0 saturated heterocycles. The Labute approximate surface area is 97.8 Å². The van der Waals surface area contributed by atoms with E-state index in [4.69, 9.17) is 0 Å². The Kier molecular flexibility index (Phi) is 4.95. The van der Waals surface area contributed by atoms with Gasteiger partial charge in [-0.2, -0.15) is 0 Å². The minimum absolute atomic E-state index is 0.205. The summed E-state index contributed by atoms with van der Waals surface area (Å²) in [4.78, 5) is 11.3. The molecule has 0 aromatic heterocycles. The molecule has 0 saturated carbocycles. The third-order valence-electron chi connectivity index (χ3n) is 2.23. The van der Waals surface area contributed by atoms with E-state index in [2.05, 4.69) is 15.9 Å². The van der Waals surface area contributed by atoms with Crippen LogP contribution in [0.1, 0.15) is 31.7 Å². The van der Waals surface area contributed by atoms with E-state index in [1.165, 1.54) is 0 Å². The van der Waals surface area contributed by atoms with Gasteiger partial charge in [-0.05, 0) is 40.4 Å². The molecule has 0 spiro atoms. The second-order valence-electron chi connectivity index (χ2n) is 3.50. The molecule has 0 atom stereocenters. The van der Waals surface area contributed by atoms with Crippen LogP contribution in [0.4, 0.5) is 4.39 Å². The van der Waals surface area contributed by atoms with E-state index in [1.54, 1.807) is 18.2 Å². The largest absolute Gasteiger partial charge is 0.300 e. The van der Waals surface area contributed by atoms with E-state index < -0.39 is 0 Å². The number of carbonyl (C=O) groups excluding carboxylic acids is 1. The van der Waals surface area contributed by atoms with Crippen molar-refractivity contribution < 1.29 is 9.18 Å². The van der Waals surface area contributed by atoms with Gasteiger partial charge < -0.3 is 0 Å². The zero-order valence-electron chi connectivity index (χ0n) is 8.72. The number of ketones is 1. The smallest absolute Gasteiger partial charge is 0.140 e. The van der Waals surface area contributed by atoms with Gasteiger partial charge >= 0.3 is 0 Å². The quantitative estimate of drug-likeness (QED) is 0.795. The molecule has 0 aliphatic carbocycles. The summed E-state index contributed by atoms with van der Waals surface area (Å²) in [5, 5.41) is 0. The highest BCUT2D eigenvalue weighted by atomic mass is 79.9. The van der Waals surface area contributed by atoms with Gasteiger partial charge in [0.25, 0.3) is 0 Å². The first-order valence-electron chi connectivity index (χ1n) is 5.09. The lowest BCUT2D eigenvalue weighted by Gasteiger charge is -2.03. The van der Waals surface area contributed by atoms with Crippen LogP contribution < -0.4 is 0 Å². The van der Waals surface area contributed by atoms with E-state index in [-0.39, 0.29) is 11.6 Å². The van der Waals surface area contributed by atoms with Crippen molar-refractivity contribution in [3.05, 3.63) is 34.1 Å². The van der Waals surface area contributed by atoms with E-state index in [9.17, 15) is 9.18 Å². The molecule has 0 aliphatic rings. The molecule has 0 aliphatic heterocycles. The monoisotopic (exact) mass is 272 g/mol. The summed E-state index contributed by atoms with van der Waals surface area (Å²) in [6, 6.07) is 5.17. The third kappa shape index (κ3) is 3.74. The first-order chi connectivity index (χ1) is 7.15. The molecule has 1 aromatic rings. The number of Topliss-reactive ketones (excluding diaryl/α,β-unsaturated/α-hetero) is 1. The Morgan fingerprint density at radius 2 is 2.13 bits per heavy atom. The summed E-state index contributed by atoms with van der Waals surface area (Å²) in [5.41, 5.74) is 0.605. The standard InChI is InChI=1S/C12H14BrFO/c1-2-4-10(15)8-7-9-5-3-6-11(13)12(9)14/h3,5-6H,2,4,7-8H2,1H3. The maximum Gasteiger partial charge on any atom is 0.140 e. The van der Waals surface area contributed by atoms with Crippen LogP contribution in [0.3, 0.4) is 0 Å². The zero-order valence-corrected chi connectivity index (χ0v) is 10.3. The topological polar surface area (TPSA) is 17.1 Å². The predicted octanol–water partition coefficient (Wildman–Crippen LogP) is 3.89. The summed E-state index contributed by atoms with van der Waals surface area (Å²) in [6.45, 7) is 1.97. The van der Waals surface area contributed by atoms with Gasteiger partial charge in [0.2, 0.25) is 0 Å². The maximum atomic E-state index is 13.5. The van der Waals surface area contributed by atoms with E-state index >= 15 is 0 Å². The maximum absolute atomic E-state index is 13.5. The normalized spacial score (nSPS) is 10.3. The minimum Gasteiger partial charge on any atom is -0.300 e. The van der Waals surface area contributed by atoms with E-state index in [0.29, 0.717) is 29.3 Å². The summed E-state index contributed by atoms with van der Waals surface area (Å²) in [5.74, 6) is -0.0429. The Morgan fingerprint density at radius 1 is 1.40 bits per heavy atom. The average molecular weight is 273 g/mol. The predicted molar refractivity (Wildman–Crippen MR) is 62.3 cm³/mol. The molecule has 82 valence electrons. The Morgan fingerprint density at radius 3 is 2.80 bits per heavy atom. The van der Waals surface area contributed by atoms with Gasteiger partial charge in [-0.1, -0.05) is 19.1 Å². The zero-order chi connectivity index (χ0) is 11.3. The molecule has 15 heavy (non-hydrogen) atoms. The van der Waals surface area contributed by atoms with Gasteiger partial charge in [0.1, 0.15) is 11.6 Å². The van der Waals surface area contributed by atoms with Crippen LogP contribution >= 0.6 is 15.9 Å². The van der Waals surface area contributed by atoms with Crippen LogP contribution in [0.25, 0.3) is 0 Å². The molecule has 1 nitrogen and oxygen atoms in total. The van der Waals surface area contributed by atoms with Gasteiger partial charge in [-0.15, -0.1) is 0 Å². The average Bonchev–Trinajstić information content (AvgIpc) is 2.21. The van der Waals surface area contributed by atoms with E-state index in [0.717, 1.165) is 6.42 Å². The molecule has 0 amide bonds. The second-order valence-corrected chi connectivity index (χ2v) is 4.36. The molecule has 0 bridgehead atoms. The lowest BCUT2D eigenvalue weighted by molar-refractivity contribution is -0.119. The van der Waals surface area contributed by atoms with Crippen molar-refractivity contribution >= 4 is 21.7 Å². The highest BCUT2D eigenvalue weighted by Gasteiger charge is 2.07. The summed E-state index contributed by atoms with van der Waals surface area (Å²) in [7, 11) is 0. The fraction of sp³-hybridized carbons (Fsp3) is 0.417. The van der Waals surface area contributed by atoms with Crippen LogP contribution in [0.5, 0.6) is 0 Å². The van der Waals surface area contributed by atoms with Crippen molar-refractivity contribution in [1.29, 1.82) is 0 Å². The lowest BCUT2D eigenvalue weighted by Crippen LogP contribution is -2.01. The Balaban J connectivity index is 2.58. The molecule has 1 aromatic carbocycles. The van der Waals surface area contributed by atoms with Crippen molar-refractivity contribution in [2.45, 2.75) is 32.6 Å². The van der Waals surface area contributed by atoms with Crippen molar-refractivity contribution in [2.75, 3.05) is 0 Å². The van der Waals surface area contributed by atoms with Crippen LogP contribution in [-0.4, -0.2) is 5.78 Å². The van der Waals surface area contributed by atoms with Crippen LogP contribution in [-0.2, 0) is 11.2 Å². The fourth-order valence-electron chi connectivity index (χ4n) is 1.42. The van der Waals surface area contributed by atoms with Gasteiger partial charge in [-0.25, -0.2) is 4.39 Å². The molecular weight excluding hydrogens is 259 g/mol. The number of benzene rings is 1. The highest BCUT2D eigenvalue weighted by Crippen LogP contribution is 2.19. The minimum atomic E-state index is -0.248. The number of carbonyl (C=O) groups is 1. The summed E-state index contributed by atoms with van der Waals surface area (Å²) >= 11 is 3.12. The molecule has 0 radical (unpaired) electrons. The molecule has 1 rings (SSSR count). The lowest BCUT2D eigenvalue weighted by atomic mass is 10.1. The van der Waals surface area contributed by atoms with Crippen molar-refractivity contribution in [3.8, 4) is 0 Å². The summed E-state index contributed by atoms with van der Waals surface area (Å²) < 4.78 is 13.9. The SMILES string of the molecule is CCCC(=O)CCc1cccc(Br)c1F. The van der Waals surface area contributed by atoms with Crippen molar-refractivity contribution in [3.63, 3.8) is 0 Å². The molecule has 0 heterocycles. The van der Waals surface area contributed by atoms with Gasteiger partial charge in [-0.3, -0.25) is 4.79 Å². The number of aryl methyl sites for hydroxylation is 1. The Hall–Kier alpha value is -0.700. The molecule has 0 N–H and O–H groups in total. The third-order valence-corrected chi connectivity index (χ3v) is 2.85. The van der Waals surface area contributed by atoms with E-state index in [1.807, 2.05) is 6.92 Å². The number of hydrogen-bond donors (Lipinski definition) is 0. The van der Waals surface area contributed by atoms with Crippen LogP contribution in [0.15, 0.2) is 22.7 Å². The van der Waals surface area contributed by atoms with Gasteiger partial charge in [0.05, 0.1) is 4.47 Å². The number of hydrogen-bond acceptors (Lipinski definition) is 1. The number of halogens is 2. The first-order valence-corrected chi connectivity index (χ1v) is 5.89. The molecule has 3 heteroatoms. The van der Waals surface area contributed by atoms with Crippen LogP contribution in [0, 0.1) is 5.82 Å². The first kappa shape index (κ1) is 12.4. The highest BCUT2D eigenvalue weighted by molar-refractivity contribution is 9.10. The van der Waals surface area contributed by atoms with Gasteiger partial charge in [0, 0.05) is 12.8 Å². The molecular formula is C12H14BrFO. The van der Waals surface area contributed by atoms with Crippen LogP contribution in [0.2, 0.25) is 0 Å². The second kappa shape index (κ2) is 6.01. The van der Waals surface area contributed by atoms with Crippen molar-refractivity contribution in [2.24, 2.45) is 0 Å². The summed E-state index contributed by atoms with van der Waals surface area (Å²) in [6.07, 6.45) is 2.38. The number of rotatable bonds is 5. The molecule has 0 fully saturated rings. The Bertz CT molecular complexity index is 349. The molecule has 0 unspecified atom stereocenters. The van der Waals surface area contributed by atoms with Gasteiger partial charge in [0.15, 0.2) is 0 Å².